The Morgan fingerprint density at radius 1 is 0.933 bits per heavy atom. The second-order valence-corrected chi connectivity index (χ2v) is 7.39. The minimum absolute atomic E-state index is 0.0605. The van der Waals surface area contributed by atoms with E-state index < -0.39 is 0 Å². The summed E-state index contributed by atoms with van der Waals surface area (Å²) >= 11 is 5.89. The predicted molar refractivity (Wildman–Crippen MR) is 117 cm³/mol. The molecule has 158 valence electrons. The van der Waals surface area contributed by atoms with Crippen molar-refractivity contribution in [1.82, 2.24) is 9.80 Å². The fourth-order valence-corrected chi connectivity index (χ4v) is 3.42. The van der Waals surface area contributed by atoms with Gasteiger partial charge in [0.15, 0.2) is 11.5 Å². The summed E-state index contributed by atoms with van der Waals surface area (Å²) in [6.45, 7) is 2.09. The average Bonchev–Trinajstić information content (AvgIpc) is 2.78. The van der Waals surface area contributed by atoms with E-state index in [4.69, 9.17) is 21.1 Å². The van der Waals surface area contributed by atoms with E-state index in [-0.39, 0.29) is 11.8 Å². The number of carbonyl (C=O) groups excluding carboxylic acids is 2. The molecule has 0 aromatic heterocycles. The van der Waals surface area contributed by atoms with Crippen LogP contribution in [0, 0.1) is 0 Å². The van der Waals surface area contributed by atoms with Crippen LogP contribution in [-0.2, 0) is 16.0 Å². The molecule has 0 atom stereocenters. The number of rotatable bonds is 6. The summed E-state index contributed by atoms with van der Waals surface area (Å²) < 4.78 is 10.5. The monoisotopic (exact) mass is 428 g/mol. The Morgan fingerprint density at radius 3 is 2.20 bits per heavy atom. The number of nitrogens with zero attached hydrogens (tertiary/aromatic N) is 2. The first-order valence-corrected chi connectivity index (χ1v) is 10.1. The van der Waals surface area contributed by atoms with Crippen molar-refractivity contribution < 1.29 is 19.1 Å². The molecular formula is C23H25ClN2O4. The minimum atomic E-state index is -0.0745. The lowest BCUT2D eigenvalue weighted by Gasteiger charge is -2.34. The Morgan fingerprint density at radius 2 is 1.57 bits per heavy atom. The van der Waals surface area contributed by atoms with Gasteiger partial charge in [-0.1, -0.05) is 29.8 Å². The highest BCUT2D eigenvalue weighted by atomic mass is 35.5. The highest BCUT2D eigenvalue weighted by molar-refractivity contribution is 6.30. The lowest BCUT2D eigenvalue weighted by atomic mass is 10.1. The van der Waals surface area contributed by atoms with Gasteiger partial charge < -0.3 is 19.3 Å². The van der Waals surface area contributed by atoms with E-state index in [1.165, 1.54) is 0 Å². The maximum Gasteiger partial charge on any atom is 0.246 e. The van der Waals surface area contributed by atoms with Gasteiger partial charge >= 0.3 is 0 Å². The van der Waals surface area contributed by atoms with E-state index in [0.717, 1.165) is 11.1 Å². The molecule has 6 nitrogen and oxygen atoms in total. The van der Waals surface area contributed by atoms with Crippen LogP contribution >= 0.6 is 11.6 Å². The molecule has 0 N–H and O–H groups in total. The van der Waals surface area contributed by atoms with Gasteiger partial charge in [0.25, 0.3) is 0 Å². The number of piperazine rings is 1. The summed E-state index contributed by atoms with van der Waals surface area (Å²) in [7, 11) is 3.15. The van der Waals surface area contributed by atoms with E-state index in [9.17, 15) is 9.59 Å². The number of hydrogen-bond acceptors (Lipinski definition) is 4. The van der Waals surface area contributed by atoms with E-state index in [1.54, 1.807) is 54.4 Å². The van der Waals surface area contributed by atoms with Crippen LogP contribution in [0.5, 0.6) is 11.5 Å². The minimum Gasteiger partial charge on any atom is -0.493 e. The summed E-state index contributed by atoms with van der Waals surface area (Å²) in [5.41, 5.74) is 1.78. The number of ether oxygens (including phenoxy) is 2. The molecule has 7 heteroatoms. The summed E-state index contributed by atoms with van der Waals surface area (Å²) in [6.07, 6.45) is 3.64. The molecule has 1 fully saturated rings. The van der Waals surface area contributed by atoms with Gasteiger partial charge in [-0.25, -0.2) is 0 Å². The van der Waals surface area contributed by atoms with Crippen molar-refractivity contribution in [3.8, 4) is 11.5 Å². The fourth-order valence-electron chi connectivity index (χ4n) is 3.29. The van der Waals surface area contributed by atoms with Crippen molar-refractivity contribution in [3.05, 3.63) is 64.7 Å². The smallest absolute Gasteiger partial charge is 0.246 e. The fraction of sp³-hybridized carbons (Fsp3) is 0.304. The van der Waals surface area contributed by atoms with Crippen molar-refractivity contribution >= 4 is 29.5 Å². The summed E-state index contributed by atoms with van der Waals surface area (Å²) in [4.78, 5) is 28.6. The predicted octanol–water partition coefficient (Wildman–Crippen LogP) is 3.28. The maximum absolute atomic E-state index is 12.5. The van der Waals surface area contributed by atoms with Gasteiger partial charge in [-0.2, -0.15) is 0 Å². The number of hydrogen-bond donors (Lipinski definition) is 0. The Bertz CT molecular complexity index is 919. The zero-order chi connectivity index (χ0) is 21.5. The van der Waals surface area contributed by atoms with Crippen molar-refractivity contribution in [2.24, 2.45) is 0 Å². The van der Waals surface area contributed by atoms with Crippen LogP contribution in [0.2, 0.25) is 5.02 Å². The zero-order valence-electron chi connectivity index (χ0n) is 17.1. The first-order valence-electron chi connectivity index (χ1n) is 9.71. The third-order valence-electron chi connectivity index (χ3n) is 5.04. The van der Waals surface area contributed by atoms with Crippen LogP contribution in [0.15, 0.2) is 48.5 Å². The van der Waals surface area contributed by atoms with Crippen molar-refractivity contribution in [3.63, 3.8) is 0 Å². The van der Waals surface area contributed by atoms with Crippen molar-refractivity contribution in [2.75, 3.05) is 40.4 Å². The van der Waals surface area contributed by atoms with Crippen LogP contribution in [0.25, 0.3) is 6.08 Å². The molecule has 1 heterocycles. The van der Waals surface area contributed by atoms with Gasteiger partial charge in [-0.05, 0) is 41.5 Å². The molecule has 2 amide bonds. The number of methoxy groups -OCH3 is 2. The summed E-state index contributed by atoms with van der Waals surface area (Å²) in [5.74, 6) is 1.24. The zero-order valence-corrected chi connectivity index (χ0v) is 17.9. The van der Waals surface area contributed by atoms with Crippen molar-refractivity contribution in [1.29, 1.82) is 0 Å². The highest BCUT2D eigenvalue weighted by Crippen LogP contribution is 2.28. The molecule has 0 spiro atoms. The molecule has 0 aliphatic carbocycles. The lowest BCUT2D eigenvalue weighted by molar-refractivity contribution is -0.136. The molecule has 1 saturated heterocycles. The molecule has 3 rings (SSSR count). The van der Waals surface area contributed by atoms with Crippen LogP contribution in [0.3, 0.4) is 0 Å². The Hall–Kier alpha value is -2.99. The molecule has 0 bridgehead atoms. The molecule has 2 aromatic rings. The van der Waals surface area contributed by atoms with Gasteiger partial charge in [-0.15, -0.1) is 0 Å². The lowest BCUT2D eigenvalue weighted by Crippen LogP contribution is -2.50. The Kier molecular flexibility index (Phi) is 7.36. The number of amides is 2. The maximum atomic E-state index is 12.5. The van der Waals surface area contributed by atoms with E-state index in [1.807, 2.05) is 24.3 Å². The molecule has 0 saturated carbocycles. The third-order valence-corrected chi connectivity index (χ3v) is 5.29. The van der Waals surface area contributed by atoms with Gasteiger partial charge in [0.1, 0.15) is 0 Å². The van der Waals surface area contributed by atoms with Gasteiger partial charge in [0, 0.05) is 37.3 Å². The number of carbonyl (C=O) groups is 2. The standard InChI is InChI=1S/C23H25ClN2O4/c1-29-20-9-5-17(15-21(20)30-2)6-10-22(27)25-11-13-26(14-12-25)23(28)16-18-3-7-19(24)8-4-18/h3-10,15H,11-14,16H2,1-2H3/b10-6+. The van der Waals surface area contributed by atoms with Crippen LogP contribution in [-0.4, -0.2) is 62.0 Å². The third kappa shape index (κ3) is 5.54. The second-order valence-electron chi connectivity index (χ2n) is 6.96. The van der Waals surface area contributed by atoms with Crippen LogP contribution in [0.1, 0.15) is 11.1 Å². The molecule has 30 heavy (non-hydrogen) atoms. The summed E-state index contributed by atoms with van der Waals surface area (Å²) in [5, 5.41) is 0.652. The molecule has 0 radical (unpaired) electrons. The highest BCUT2D eigenvalue weighted by Gasteiger charge is 2.23. The van der Waals surface area contributed by atoms with Gasteiger partial charge in [0.05, 0.1) is 20.6 Å². The van der Waals surface area contributed by atoms with E-state index in [2.05, 4.69) is 0 Å². The first kappa shape index (κ1) is 21.7. The summed E-state index contributed by atoms with van der Waals surface area (Å²) in [6, 6.07) is 12.8. The van der Waals surface area contributed by atoms with Crippen LogP contribution in [0.4, 0.5) is 0 Å². The SMILES string of the molecule is COc1ccc(/C=C/C(=O)N2CCN(C(=O)Cc3ccc(Cl)cc3)CC2)cc1OC. The molecule has 1 aliphatic rings. The average molecular weight is 429 g/mol. The normalized spacial score (nSPS) is 14.1. The van der Waals surface area contributed by atoms with Gasteiger partial charge in [0.2, 0.25) is 11.8 Å². The molecule has 2 aromatic carbocycles. The molecular weight excluding hydrogens is 404 g/mol. The topological polar surface area (TPSA) is 59.1 Å². The Labute approximate surface area is 181 Å². The van der Waals surface area contributed by atoms with Crippen molar-refractivity contribution in [2.45, 2.75) is 6.42 Å². The Balaban J connectivity index is 1.51. The van der Waals surface area contributed by atoms with Gasteiger partial charge in [-0.3, -0.25) is 9.59 Å². The second kappa shape index (κ2) is 10.2. The van der Waals surface area contributed by atoms with E-state index in [0.29, 0.717) is 49.1 Å². The number of halogens is 1. The first-order chi connectivity index (χ1) is 14.5. The molecule has 1 aliphatic heterocycles. The number of benzene rings is 2. The quantitative estimate of drug-likeness (QED) is 0.662. The van der Waals surface area contributed by atoms with E-state index >= 15 is 0 Å². The molecule has 0 unspecified atom stereocenters. The largest absolute Gasteiger partial charge is 0.493 e. The van der Waals surface area contributed by atoms with Crippen LogP contribution < -0.4 is 9.47 Å².